The second-order valence-corrected chi connectivity index (χ2v) is 6.67. The summed E-state index contributed by atoms with van der Waals surface area (Å²) in [5.41, 5.74) is -0.0790. The van der Waals surface area contributed by atoms with Gasteiger partial charge in [-0.2, -0.15) is 0 Å². The molecule has 20 heavy (non-hydrogen) atoms. The second kappa shape index (κ2) is 6.91. The molecule has 0 bridgehead atoms. The van der Waals surface area contributed by atoms with Crippen molar-refractivity contribution >= 4 is 11.9 Å². The molecule has 0 radical (unpaired) electrons. The Hall–Kier alpha value is -1.32. The van der Waals surface area contributed by atoms with E-state index in [2.05, 4.69) is 11.9 Å². The lowest BCUT2D eigenvalue weighted by atomic mass is 9.81. The van der Waals surface area contributed by atoms with Crippen LogP contribution in [0.5, 0.6) is 0 Å². The van der Waals surface area contributed by atoms with Crippen molar-refractivity contribution in [2.75, 3.05) is 0 Å². The van der Waals surface area contributed by atoms with E-state index in [1.807, 2.05) is 20.8 Å². The summed E-state index contributed by atoms with van der Waals surface area (Å²) in [6.45, 7) is 10.8. The third-order valence-corrected chi connectivity index (χ3v) is 3.50. The molecule has 0 aromatic carbocycles. The first kappa shape index (κ1) is 16.7. The molecule has 1 amide bonds. The Morgan fingerprint density at radius 3 is 2.20 bits per heavy atom. The van der Waals surface area contributed by atoms with E-state index in [4.69, 9.17) is 4.74 Å². The molecule has 1 saturated carbocycles. The fraction of sp³-hybridized carbons (Fsp3) is 0.750. The van der Waals surface area contributed by atoms with Crippen LogP contribution in [-0.2, 0) is 9.53 Å². The minimum absolute atomic E-state index is 0.0808. The number of hydrogen-bond donors (Lipinski definition) is 1. The van der Waals surface area contributed by atoms with E-state index < -0.39 is 17.7 Å². The van der Waals surface area contributed by atoms with Gasteiger partial charge in [-0.25, -0.2) is 4.79 Å². The summed E-state index contributed by atoms with van der Waals surface area (Å²) in [6.07, 6.45) is 4.85. The molecule has 1 aliphatic carbocycles. The molecule has 0 spiro atoms. The maximum atomic E-state index is 12.3. The average Bonchev–Trinajstić information content (AvgIpc) is 2.34. The van der Waals surface area contributed by atoms with Crippen LogP contribution in [0.4, 0.5) is 4.79 Å². The summed E-state index contributed by atoms with van der Waals surface area (Å²) in [5.74, 6) is 0.114. The Labute approximate surface area is 122 Å². The lowest BCUT2D eigenvalue weighted by Gasteiger charge is -2.31. The number of ketones is 1. The first-order valence-electron chi connectivity index (χ1n) is 7.40. The van der Waals surface area contributed by atoms with Crippen LogP contribution >= 0.6 is 0 Å². The number of carbonyl (C=O) groups is 2. The van der Waals surface area contributed by atoms with Gasteiger partial charge in [0, 0.05) is 0 Å². The van der Waals surface area contributed by atoms with Gasteiger partial charge in [0.2, 0.25) is 0 Å². The minimum Gasteiger partial charge on any atom is -0.444 e. The fourth-order valence-electron chi connectivity index (χ4n) is 2.56. The van der Waals surface area contributed by atoms with Crippen LogP contribution in [0.2, 0.25) is 0 Å². The van der Waals surface area contributed by atoms with E-state index in [1.54, 1.807) is 6.92 Å². The zero-order valence-corrected chi connectivity index (χ0v) is 13.1. The molecule has 1 fully saturated rings. The zero-order valence-electron chi connectivity index (χ0n) is 13.1. The van der Waals surface area contributed by atoms with Gasteiger partial charge in [0.25, 0.3) is 0 Å². The number of hydrogen-bond acceptors (Lipinski definition) is 3. The number of Topliss-reactive ketones (excluding diaryl/α,β-unsaturated/α-hetero) is 1. The SMILES string of the molecule is C=C(C)C(=O)[C@@H](NC(=O)OC(C)(C)C)C1CCCCC1. The van der Waals surface area contributed by atoms with E-state index in [9.17, 15) is 9.59 Å². The Balaban J connectivity index is 2.74. The Bertz CT molecular complexity index is 376. The van der Waals surface area contributed by atoms with E-state index in [0.29, 0.717) is 5.57 Å². The topological polar surface area (TPSA) is 55.4 Å². The number of ether oxygens (including phenoxy) is 1. The molecule has 0 unspecified atom stereocenters. The Morgan fingerprint density at radius 2 is 1.75 bits per heavy atom. The van der Waals surface area contributed by atoms with E-state index >= 15 is 0 Å². The van der Waals surface area contributed by atoms with Gasteiger partial charge in [-0.3, -0.25) is 4.79 Å². The lowest BCUT2D eigenvalue weighted by Crippen LogP contribution is -2.48. The number of amides is 1. The summed E-state index contributed by atoms with van der Waals surface area (Å²) in [4.78, 5) is 24.2. The first-order valence-corrected chi connectivity index (χ1v) is 7.40. The van der Waals surface area contributed by atoms with Crippen molar-refractivity contribution in [3.8, 4) is 0 Å². The first-order chi connectivity index (χ1) is 9.20. The summed E-state index contributed by atoms with van der Waals surface area (Å²) in [6, 6.07) is -0.498. The molecule has 4 nitrogen and oxygen atoms in total. The average molecular weight is 281 g/mol. The predicted molar refractivity (Wildman–Crippen MR) is 79.6 cm³/mol. The fourth-order valence-corrected chi connectivity index (χ4v) is 2.56. The van der Waals surface area contributed by atoms with Gasteiger partial charge in [-0.1, -0.05) is 25.8 Å². The molecule has 0 aromatic rings. The van der Waals surface area contributed by atoms with Crippen molar-refractivity contribution < 1.29 is 14.3 Å². The standard InChI is InChI=1S/C16H27NO3/c1-11(2)14(18)13(12-9-7-6-8-10-12)17-15(19)20-16(3,4)5/h12-13H,1,6-10H2,2-5H3,(H,17,19)/t13-/m0/s1. The summed E-state index contributed by atoms with van der Waals surface area (Å²) < 4.78 is 5.26. The van der Waals surface area contributed by atoms with Gasteiger partial charge in [0.15, 0.2) is 5.78 Å². The van der Waals surface area contributed by atoms with Crippen LogP contribution < -0.4 is 5.32 Å². The smallest absolute Gasteiger partial charge is 0.408 e. The van der Waals surface area contributed by atoms with E-state index in [0.717, 1.165) is 25.7 Å². The van der Waals surface area contributed by atoms with Crippen LogP contribution in [0, 0.1) is 5.92 Å². The van der Waals surface area contributed by atoms with Crippen LogP contribution in [0.1, 0.15) is 59.8 Å². The van der Waals surface area contributed by atoms with Gasteiger partial charge < -0.3 is 10.1 Å². The Kier molecular flexibility index (Phi) is 5.78. The number of carbonyl (C=O) groups excluding carboxylic acids is 2. The van der Waals surface area contributed by atoms with Crippen molar-refractivity contribution in [1.82, 2.24) is 5.32 Å². The van der Waals surface area contributed by atoms with Gasteiger partial charge in [-0.15, -0.1) is 0 Å². The van der Waals surface area contributed by atoms with Crippen LogP contribution in [0.15, 0.2) is 12.2 Å². The number of rotatable bonds is 4. The highest BCUT2D eigenvalue weighted by atomic mass is 16.6. The van der Waals surface area contributed by atoms with Gasteiger partial charge in [0.1, 0.15) is 5.60 Å². The molecular weight excluding hydrogens is 254 g/mol. The molecule has 1 aliphatic rings. The third kappa shape index (κ3) is 5.35. The van der Waals surface area contributed by atoms with Crippen LogP contribution in [-0.4, -0.2) is 23.5 Å². The molecule has 4 heteroatoms. The second-order valence-electron chi connectivity index (χ2n) is 6.67. The normalized spacial score (nSPS) is 18.2. The molecule has 0 aliphatic heterocycles. The maximum absolute atomic E-state index is 12.3. The zero-order chi connectivity index (χ0) is 15.3. The molecule has 0 heterocycles. The summed E-state index contributed by atoms with van der Waals surface area (Å²) in [5, 5.41) is 2.75. The van der Waals surface area contributed by atoms with Gasteiger partial charge in [-0.05, 0) is 52.0 Å². The largest absolute Gasteiger partial charge is 0.444 e. The van der Waals surface area contributed by atoms with Gasteiger partial charge in [0.05, 0.1) is 6.04 Å². The van der Waals surface area contributed by atoms with Crippen LogP contribution in [0.25, 0.3) is 0 Å². The molecule has 1 atom stereocenters. The molecule has 114 valence electrons. The highest BCUT2D eigenvalue weighted by Crippen LogP contribution is 2.28. The van der Waals surface area contributed by atoms with E-state index in [-0.39, 0.29) is 11.7 Å². The van der Waals surface area contributed by atoms with Crippen molar-refractivity contribution in [3.05, 3.63) is 12.2 Å². The van der Waals surface area contributed by atoms with Crippen molar-refractivity contribution in [2.24, 2.45) is 5.92 Å². The minimum atomic E-state index is -0.562. The number of nitrogens with one attached hydrogen (secondary N) is 1. The number of alkyl carbamates (subject to hydrolysis) is 1. The molecule has 0 saturated heterocycles. The summed E-state index contributed by atoms with van der Waals surface area (Å²) >= 11 is 0. The third-order valence-electron chi connectivity index (χ3n) is 3.50. The molecule has 1 N–H and O–H groups in total. The highest BCUT2D eigenvalue weighted by molar-refractivity contribution is 6.00. The molecular formula is C16H27NO3. The molecule has 1 rings (SSSR count). The Morgan fingerprint density at radius 1 is 1.20 bits per heavy atom. The summed E-state index contributed by atoms with van der Waals surface area (Å²) in [7, 11) is 0. The quantitative estimate of drug-likeness (QED) is 0.801. The highest BCUT2D eigenvalue weighted by Gasteiger charge is 2.32. The van der Waals surface area contributed by atoms with Crippen molar-refractivity contribution in [2.45, 2.75) is 71.4 Å². The predicted octanol–water partition coefficient (Wildman–Crippen LogP) is 3.61. The van der Waals surface area contributed by atoms with Gasteiger partial charge >= 0.3 is 6.09 Å². The molecule has 0 aromatic heterocycles. The lowest BCUT2D eigenvalue weighted by molar-refractivity contribution is -0.119. The monoisotopic (exact) mass is 281 g/mol. The van der Waals surface area contributed by atoms with E-state index in [1.165, 1.54) is 6.42 Å². The van der Waals surface area contributed by atoms with Crippen LogP contribution in [0.3, 0.4) is 0 Å². The van der Waals surface area contributed by atoms with Crippen molar-refractivity contribution in [3.63, 3.8) is 0 Å². The maximum Gasteiger partial charge on any atom is 0.408 e. The van der Waals surface area contributed by atoms with Crippen molar-refractivity contribution in [1.29, 1.82) is 0 Å².